The van der Waals surface area contributed by atoms with Crippen LogP contribution in [0.5, 0.6) is 0 Å². The van der Waals surface area contributed by atoms with Crippen LogP contribution in [0.2, 0.25) is 0 Å². The first-order chi connectivity index (χ1) is 12.9. The second kappa shape index (κ2) is 5.72. The van der Waals surface area contributed by atoms with E-state index in [1.165, 1.54) is 43.4 Å². The molecule has 0 N–H and O–H groups in total. The maximum atomic E-state index is 12.3. The average molecular weight is 364 g/mol. The Hall–Kier alpha value is -1.57. The molecule has 27 heavy (non-hydrogen) atoms. The lowest BCUT2D eigenvalue weighted by Gasteiger charge is -2.57. The number of carbonyl (C=O) groups excluding carboxylic acids is 1. The van der Waals surface area contributed by atoms with Gasteiger partial charge in [0.15, 0.2) is 0 Å². The first-order valence-corrected chi connectivity index (χ1v) is 10.9. The third kappa shape index (κ3) is 2.16. The predicted molar refractivity (Wildman–Crippen MR) is 111 cm³/mol. The highest BCUT2D eigenvalue weighted by atomic mass is 16.1. The first kappa shape index (κ1) is 17.5. The Labute approximate surface area is 163 Å². The number of hydrogen-bond donors (Lipinski definition) is 0. The summed E-state index contributed by atoms with van der Waals surface area (Å²) in [5, 5.41) is 0. The molecule has 144 valence electrons. The van der Waals surface area contributed by atoms with Crippen molar-refractivity contribution in [1.82, 2.24) is 4.57 Å². The van der Waals surface area contributed by atoms with E-state index < -0.39 is 0 Å². The minimum absolute atomic E-state index is 0.251. The van der Waals surface area contributed by atoms with E-state index in [9.17, 15) is 4.79 Å². The predicted octanol–water partition coefficient (Wildman–Crippen LogP) is 5.98. The Morgan fingerprint density at radius 2 is 2.04 bits per heavy atom. The Morgan fingerprint density at radius 3 is 2.78 bits per heavy atom. The Balaban J connectivity index is 1.54. The average Bonchev–Trinajstić information content (AvgIpc) is 3.21. The molecule has 0 bridgehead atoms. The highest BCUT2D eigenvalue weighted by molar-refractivity contribution is 5.80. The van der Waals surface area contributed by atoms with Crippen molar-refractivity contribution in [2.24, 2.45) is 34.5 Å². The van der Waals surface area contributed by atoms with E-state index in [2.05, 4.69) is 43.3 Å². The van der Waals surface area contributed by atoms with Gasteiger partial charge >= 0.3 is 0 Å². The number of Topliss-reactive ketones (excluding diaryl/α,β-unsaturated/α-hetero) is 1. The van der Waals surface area contributed by atoms with Crippen LogP contribution in [-0.2, 0) is 11.2 Å². The van der Waals surface area contributed by atoms with Gasteiger partial charge in [0.05, 0.1) is 0 Å². The van der Waals surface area contributed by atoms with E-state index in [4.69, 9.17) is 0 Å². The largest absolute Gasteiger partial charge is 0.328 e. The van der Waals surface area contributed by atoms with Gasteiger partial charge in [-0.05, 0) is 97.7 Å². The zero-order valence-corrected chi connectivity index (χ0v) is 17.1. The maximum absolute atomic E-state index is 12.3. The van der Waals surface area contributed by atoms with Gasteiger partial charge in [-0.3, -0.25) is 4.79 Å². The molecule has 0 aromatic carbocycles. The highest BCUT2D eigenvalue weighted by Crippen LogP contribution is 2.67. The molecule has 4 aliphatic carbocycles. The molecule has 0 spiro atoms. The van der Waals surface area contributed by atoms with Crippen molar-refractivity contribution >= 4 is 17.6 Å². The lowest BCUT2D eigenvalue weighted by Crippen LogP contribution is -2.50. The Morgan fingerprint density at radius 1 is 1.22 bits per heavy atom. The third-order valence-corrected chi connectivity index (χ3v) is 9.35. The minimum Gasteiger partial charge on any atom is -0.328 e. The van der Waals surface area contributed by atoms with Crippen LogP contribution < -0.4 is 0 Å². The molecule has 1 heterocycles. The summed E-state index contributed by atoms with van der Waals surface area (Å²) in [4.78, 5) is 12.3. The summed E-state index contributed by atoms with van der Waals surface area (Å²) in [5.74, 6) is 3.02. The summed E-state index contributed by atoms with van der Waals surface area (Å²) in [6, 6.07) is 2.31. The second-order valence-corrected chi connectivity index (χ2v) is 10.2. The zero-order valence-electron chi connectivity index (χ0n) is 17.1. The number of carbonyl (C=O) groups is 1. The standard InChI is InChI=1S/C25H33NO/c1-5-26-15-12-18-21-7-6-17-20-9-8-19(16(2)27)24(20,3)13-10-22(17)25(21,4)14-11-23(18)26/h5,7,12,15,17,19-20,22H,1,6,8-11,13-14H2,2-4H3/t17-,19+,20-,22-,24+,25-/m0/s1. The van der Waals surface area contributed by atoms with Gasteiger partial charge in [-0.15, -0.1) is 0 Å². The van der Waals surface area contributed by atoms with Crippen LogP contribution in [0.4, 0.5) is 0 Å². The summed E-state index contributed by atoms with van der Waals surface area (Å²) < 4.78 is 2.22. The van der Waals surface area contributed by atoms with Gasteiger partial charge in [0.25, 0.3) is 0 Å². The highest BCUT2D eigenvalue weighted by Gasteiger charge is 2.59. The molecule has 0 amide bonds. The number of allylic oxidation sites excluding steroid dienone is 2. The molecule has 1 aromatic heterocycles. The molecule has 0 unspecified atom stereocenters. The van der Waals surface area contributed by atoms with Crippen molar-refractivity contribution in [3.63, 3.8) is 0 Å². The number of fused-ring (bicyclic) bond motifs is 7. The van der Waals surface area contributed by atoms with Crippen molar-refractivity contribution in [2.45, 2.75) is 65.7 Å². The molecule has 0 radical (unpaired) electrons. The molecular formula is C25H33NO. The van der Waals surface area contributed by atoms with Gasteiger partial charge in [-0.1, -0.05) is 26.5 Å². The number of hydrogen-bond acceptors (Lipinski definition) is 1. The number of nitrogens with zero attached hydrogens (tertiary/aromatic N) is 1. The maximum Gasteiger partial charge on any atom is 0.133 e. The quantitative estimate of drug-likeness (QED) is 0.634. The van der Waals surface area contributed by atoms with Crippen LogP contribution in [0.1, 0.15) is 70.6 Å². The van der Waals surface area contributed by atoms with E-state index in [0.29, 0.717) is 17.1 Å². The second-order valence-electron chi connectivity index (χ2n) is 10.2. The minimum atomic E-state index is 0.251. The Kier molecular flexibility index (Phi) is 3.71. The SMILES string of the molecule is C=Cn1ccc2c1CC[C@@]1(C)C2=CC[C@H]2[C@@H]3CC[C@H](C(C)=O)[C@@]3(C)CC[C@@H]21. The van der Waals surface area contributed by atoms with E-state index >= 15 is 0 Å². The monoisotopic (exact) mass is 363 g/mol. The first-order valence-electron chi connectivity index (χ1n) is 10.9. The number of rotatable bonds is 2. The van der Waals surface area contributed by atoms with Crippen molar-refractivity contribution in [1.29, 1.82) is 0 Å². The van der Waals surface area contributed by atoms with Gasteiger partial charge in [0.1, 0.15) is 5.78 Å². The van der Waals surface area contributed by atoms with Crippen molar-refractivity contribution in [3.05, 3.63) is 36.2 Å². The molecular weight excluding hydrogens is 330 g/mol. The fourth-order valence-corrected chi connectivity index (χ4v) is 8.04. The molecule has 2 saturated carbocycles. The molecule has 5 rings (SSSR count). The third-order valence-electron chi connectivity index (χ3n) is 9.35. The summed E-state index contributed by atoms with van der Waals surface area (Å²) in [6.07, 6.45) is 15.3. The van der Waals surface area contributed by atoms with Crippen LogP contribution in [0.3, 0.4) is 0 Å². The van der Waals surface area contributed by atoms with E-state index in [-0.39, 0.29) is 5.41 Å². The lowest BCUT2D eigenvalue weighted by molar-refractivity contribution is -0.127. The van der Waals surface area contributed by atoms with Gasteiger partial charge in [-0.2, -0.15) is 0 Å². The summed E-state index contributed by atoms with van der Waals surface area (Å²) in [7, 11) is 0. The van der Waals surface area contributed by atoms with Crippen LogP contribution in [0, 0.1) is 34.5 Å². The van der Waals surface area contributed by atoms with Crippen LogP contribution in [0.25, 0.3) is 11.8 Å². The normalized spacial score (nSPS) is 42.4. The lowest BCUT2D eigenvalue weighted by atomic mass is 9.47. The van der Waals surface area contributed by atoms with E-state index in [1.54, 1.807) is 5.57 Å². The molecule has 1 aromatic rings. The summed E-state index contributed by atoms with van der Waals surface area (Å²) >= 11 is 0. The number of aromatic nitrogens is 1. The van der Waals surface area contributed by atoms with Gasteiger partial charge in [0, 0.05) is 24.0 Å². The van der Waals surface area contributed by atoms with Gasteiger partial charge < -0.3 is 4.57 Å². The summed E-state index contributed by atoms with van der Waals surface area (Å²) in [5.41, 5.74) is 5.09. The van der Waals surface area contributed by atoms with Crippen LogP contribution in [-0.4, -0.2) is 10.4 Å². The molecule has 0 aliphatic heterocycles. The van der Waals surface area contributed by atoms with Crippen molar-refractivity contribution in [2.75, 3.05) is 0 Å². The molecule has 2 fully saturated rings. The zero-order chi connectivity index (χ0) is 19.0. The fraction of sp³-hybridized carbons (Fsp3) is 0.640. The van der Waals surface area contributed by atoms with Crippen LogP contribution >= 0.6 is 0 Å². The van der Waals surface area contributed by atoms with Gasteiger partial charge in [-0.25, -0.2) is 0 Å². The van der Waals surface area contributed by atoms with E-state index in [1.807, 2.05) is 13.1 Å². The molecule has 4 aliphatic rings. The smallest absolute Gasteiger partial charge is 0.133 e. The summed E-state index contributed by atoms with van der Waals surface area (Å²) in [6.45, 7) is 10.8. The van der Waals surface area contributed by atoms with E-state index in [0.717, 1.165) is 30.6 Å². The molecule has 6 atom stereocenters. The molecule has 2 nitrogen and oxygen atoms in total. The van der Waals surface area contributed by atoms with Gasteiger partial charge in [0.2, 0.25) is 0 Å². The number of ketones is 1. The Bertz CT molecular complexity index is 845. The molecule has 0 saturated heterocycles. The topological polar surface area (TPSA) is 22.0 Å². The van der Waals surface area contributed by atoms with Crippen molar-refractivity contribution in [3.8, 4) is 0 Å². The molecule has 2 heteroatoms. The van der Waals surface area contributed by atoms with Crippen LogP contribution in [0.15, 0.2) is 24.9 Å². The van der Waals surface area contributed by atoms with Crippen molar-refractivity contribution < 1.29 is 4.79 Å². The fourth-order valence-electron chi connectivity index (χ4n) is 8.04.